The van der Waals surface area contributed by atoms with Crippen LogP contribution in [0.15, 0.2) is 36.7 Å². The van der Waals surface area contributed by atoms with Crippen molar-refractivity contribution in [3.05, 3.63) is 59.0 Å². The second-order valence-electron chi connectivity index (χ2n) is 8.56. The molecule has 0 unspecified atom stereocenters. The molecule has 0 saturated heterocycles. The van der Waals surface area contributed by atoms with E-state index in [1.54, 1.807) is 6.20 Å². The number of anilines is 3. The number of hydrogen-bond donors (Lipinski definition) is 2. The maximum atomic E-state index is 13.2. The highest BCUT2D eigenvalue weighted by atomic mass is 32.1. The van der Waals surface area contributed by atoms with Gasteiger partial charge in [-0.1, -0.05) is 18.3 Å². The number of nitrogens with one attached hydrogen (secondary N) is 2. The van der Waals surface area contributed by atoms with Crippen LogP contribution >= 0.6 is 12.2 Å². The van der Waals surface area contributed by atoms with Crippen LogP contribution in [0.5, 0.6) is 0 Å². The van der Waals surface area contributed by atoms with E-state index >= 15 is 0 Å². The molecule has 0 aliphatic carbocycles. The minimum Gasteiger partial charge on any atom is -0.349 e. The number of hydrogen-bond acceptors (Lipinski definition) is 6. The molecule has 10 heteroatoms. The molecular weight excluding hydrogens is 461 g/mol. The fraction of sp³-hybridized carbons (Fsp3) is 0.333. The van der Waals surface area contributed by atoms with Gasteiger partial charge < -0.3 is 15.5 Å². The summed E-state index contributed by atoms with van der Waals surface area (Å²) in [7, 11) is 4.08. The molecule has 0 atom stereocenters. The summed E-state index contributed by atoms with van der Waals surface area (Å²) in [6, 6.07) is 5.58. The van der Waals surface area contributed by atoms with Gasteiger partial charge in [-0.05, 0) is 64.2 Å². The minimum atomic E-state index is -4.45. The first-order valence-electron chi connectivity index (χ1n) is 10.8. The van der Waals surface area contributed by atoms with Gasteiger partial charge in [0.25, 0.3) is 0 Å². The Bertz CT molecular complexity index is 1230. The maximum Gasteiger partial charge on any atom is 0.416 e. The molecule has 1 aliphatic rings. The lowest BCUT2D eigenvalue weighted by Gasteiger charge is -2.14. The van der Waals surface area contributed by atoms with Crippen molar-refractivity contribution in [3.63, 3.8) is 0 Å². The molecule has 3 heterocycles. The fourth-order valence-electron chi connectivity index (χ4n) is 3.79. The normalized spacial score (nSPS) is 13.2. The summed E-state index contributed by atoms with van der Waals surface area (Å²) in [4.78, 5) is 16.1. The predicted molar refractivity (Wildman–Crippen MR) is 132 cm³/mol. The summed E-state index contributed by atoms with van der Waals surface area (Å²) in [5, 5.41) is 6.16. The summed E-state index contributed by atoms with van der Waals surface area (Å²) in [6.07, 6.45) is 1.32. The van der Waals surface area contributed by atoms with E-state index in [1.807, 2.05) is 33.3 Å². The molecule has 3 aromatic rings. The smallest absolute Gasteiger partial charge is 0.349 e. The Hall–Kier alpha value is -3.11. The lowest BCUT2D eigenvalue weighted by atomic mass is 10.0. The van der Waals surface area contributed by atoms with Crippen molar-refractivity contribution in [2.45, 2.75) is 32.4 Å². The van der Waals surface area contributed by atoms with Gasteiger partial charge in [0.05, 0.1) is 27.6 Å². The van der Waals surface area contributed by atoms with Gasteiger partial charge in [-0.3, -0.25) is 4.98 Å². The van der Waals surface area contributed by atoms with E-state index in [0.717, 1.165) is 54.0 Å². The van der Waals surface area contributed by atoms with E-state index in [4.69, 9.17) is 12.2 Å². The standard InChI is InChI=1S/C24H25F3N6S/c1-14-19(9-15(12-28-14)5-4-8-33(2)3)31-23-29-13-16-10-21(34)30-20-11-17(24(25,26)27)6-7-18(20)22(16)32-23/h6-7,9,11-13H,4-5,8,10H2,1-3H3,(H,30,34)(H,29,31,32). The van der Waals surface area contributed by atoms with Crippen molar-refractivity contribution in [3.8, 4) is 11.3 Å². The van der Waals surface area contributed by atoms with Gasteiger partial charge in [-0.2, -0.15) is 13.2 Å². The van der Waals surface area contributed by atoms with Crippen molar-refractivity contribution in [1.82, 2.24) is 19.9 Å². The van der Waals surface area contributed by atoms with Crippen LogP contribution in [0.2, 0.25) is 0 Å². The molecule has 0 radical (unpaired) electrons. The minimum absolute atomic E-state index is 0.281. The molecule has 2 N–H and O–H groups in total. The summed E-state index contributed by atoms with van der Waals surface area (Å²) >= 11 is 5.33. The average Bonchev–Trinajstić information content (AvgIpc) is 2.89. The van der Waals surface area contributed by atoms with Crippen LogP contribution in [0, 0.1) is 6.92 Å². The van der Waals surface area contributed by atoms with E-state index in [2.05, 4.69) is 30.5 Å². The van der Waals surface area contributed by atoms with Crippen LogP contribution in [-0.4, -0.2) is 45.5 Å². The van der Waals surface area contributed by atoms with Crippen LogP contribution < -0.4 is 10.6 Å². The highest BCUT2D eigenvalue weighted by molar-refractivity contribution is 7.80. The van der Waals surface area contributed by atoms with Crippen molar-refractivity contribution >= 4 is 34.5 Å². The second-order valence-corrected chi connectivity index (χ2v) is 9.05. The largest absolute Gasteiger partial charge is 0.416 e. The number of aromatic nitrogens is 3. The number of pyridine rings is 1. The van der Waals surface area contributed by atoms with Gasteiger partial charge in [0.2, 0.25) is 5.95 Å². The number of fused-ring (bicyclic) bond motifs is 3. The van der Waals surface area contributed by atoms with E-state index in [9.17, 15) is 13.2 Å². The Labute approximate surface area is 201 Å². The highest BCUT2D eigenvalue weighted by Gasteiger charge is 2.32. The number of benzene rings is 1. The SMILES string of the molecule is Cc1ncc(CCCN(C)C)cc1Nc1ncc2c(n1)-c1ccc(C(F)(F)F)cc1NC(=S)C2. The van der Waals surface area contributed by atoms with Crippen LogP contribution in [0.1, 0.15) is 28.8 Å². The number of aryl methyl sites for hydroxylation is 2. The molecule has 2 aromatic heterocycles. The Morgan fingerprint density at radius 3 is 2.68 bits per heavy atom. The average molecular weight is 487 g/mol. The molecule has 0 amide bonds. The zero-order valence-corrected chi connectivity index (χ0v) is 19.9. The molecule has 0 spiro atoms. The quantitative estimate of drug-likeness (QED) is 0.452. The number of nitrogens with zero attached hydrogens (tertiary/aromatic N) is 4. The van der Waals surface area contributed by atoms with Crippen molar-refractivity contribution < 1.29 is 13.2 Å². The zero-order chi connectivity index (χ0) is 24.5. The lowest BCUT2D eigenvalue weighted by molar-refractivity contribution is -0.137. The maximum absolute atomic E-state index is 13.2. The van der Waals surface area contributed by atoms with Crippen molar-refractivity contribution in [2.75, 3.05) is 31.3 Å². The Morgan fingerprint density at radius 2 is 1.94 bits per heavy atom. The third-order valence-corrected chi connectivity index (χ3v) is 5.80. The van der Waals surface area contributed by atoms with E-state index in [-0.39, 0.29) is 5.69 Å². The number of rotatable bonds is 6. The first-order valence-corrected chi connectivity index (χ1v) is 11.3. The van der Waals surface area contributed by atoms with Gasteiger partial charge in [-0.15, -0.1) is 0 Å². The molecule has 178 valence electrons. The molecule has 0 bridgehead atoms. The van der Waals surface area contributed by atoms with Crippen LogP contribution in [0.3, 0.4) is 0 Å². The number of thiocarbonyl (C=S) groups is 1. The van der Waals surface area contributed by atoms with Gasteiger partial charge in [0.1, 0.15) is 0 Å². The molecule has 6 nitrogen and oxygen atoms in total. The number of halogens is 3. The summed E-state index contributed by atoms with van der Waals surface area (Å²) < 4.78 is 39.7. The fourth-order valence-corrected chi connectivity index (χ4v) is 4.05. The Kier molecular flexibility index (Phi) is 6.81. The third-order valence-electron chi connectivity index (χ3n) is 5.55. The summed E-state index contributed by atoms with van der Waals surface area (Å²) in [5.41, 5.74) is 4.05. The Balaban J connectivity index is 1.65. The first kappa shape index (κ1) is 24.0. The molecule has 1 aromatic carbocycles. The highest BCUT2D eigenvalue weighted by Crippen LogP contribution is 2.38. The molecular formula is C24H25F3N6S. The van der Waals surface area contributed by atoms with Gasteiger partial charge >= 0.3 is 6.18 Å². The molecule has 4 rings (SSSR count). The van der Waals surface area contributed by atoms with E-state index in [0.29, 0.717) is 28.6 Å². The van der Waals surface area contributed by atoms with Gasteiger partial charge in [0.15, 0.2) is 0 Å². The monoisotopic (exact) mass is 486 g/mol. The van der Waals surface area contributed by atoms with E-state index < -0.39 is 11.7 Å². The van der Waals surface area contributed by atoms with Crippen LogP contribution in [0.25, 0.3) is 11.3 Å². The number of alkyl halides is 3. The first-order chi connectivity index (χ1) is 16.1. The molecule has 0 fully saturated rings. The third kappa shape index (κ3) is 5.51. The van der Waals surface area contributed by atoms with Crippen LogP contribution in [0.4, 0.5) is 30.5 Å². The zero-order valence-electron chi connectivity index (χ0n) is 19.1. The predicted octanol–water partition coefficient (Wildman–Crippen LogP) is 5.40. The summed E-state index contributed by atoms with van der Waals surface area (Å²) in [6.45, 7) is 2.88. The topological polar surface area (TPSA) is 66.0 Å². The van der Waals surface area contributed by atoms with Gasteiger partial charge in [0, 0.05) is 35.6 Å². The van der Waals surface area contributed by atoms with Crippen molar-refractivity contribution in [1.29, 1.82) is 0 Å². The molecule has 34 heavy (non-hydrogen) atoms. The van der Waals surface area contributed by atoms with E-state index in [1.165, 1.54) is 6.07 Å². The second kappa shape index (κ2) is 9.63. The summed E-state index contributed by atoms with van der Waals surface area (Å²) in [5.74, 6) is 0.341. The molecule has 0 saturated carbocycles. The van der Waals surface area contributed by atoms with Gasteiger partial charge in [-0.25, -0.2) is 9.97 Å². The molecule has 1 aliphatic heterocycles. The van der Waals surface area contributed by atoms with Crippen molar-refractivity contribution in [2.24, 2.45) is 0 Å². The van der Waals surface area contributed by atoms with Crippen LogP contribution in [-0.2, 0) is 19.0 Å². The lowest BCUT2D eigenvalue weighted by Crippen LogP contribution is -2.13. The Morgan fingerprint density at radius 1 is 1.15 bits per heavy atom.